The van der Waals surface area contributed by atoms with E-state index >= 15 is 0 Å². The molecule has 3 saturated heterocycles. The van der Waals surface area contributed by atoms with E-state index in [-0.39, 0.29) is 35.6 Å². The molecule has 8 heteroatoms. The first-order chi connectivity index (χ1) is 16.9. The van der Waals surface area contributed by atoms with Gasteiger partial charge in [0.25, 0.3) is 0 Å². The lowest BCUT2D eigenvalue weighted by Crippen LogP contribution is -2.24. The molecule has 182 valence electrons. The molecule has 0 bridgehead atoms. The molecule has 3 saturated carbocycles. The number of hydrogen-bond acceptors (Lipinski definition) is 6. The van der Waals surface area contributed by atoms with Crippen molar-refractivity contribution in [2.24, 2.45) is 35.5 Å². The molecule has 6 fully saturated rings. The standard InChI is InChI=1S/C11H12N2O.C11H14N2.C5H5NO2/c1-6-2-3-7(5-12-6)10-8-4-9(8)11(14)13-10;1-7-2-3-8(5-12-7)11-10-4-9(10)6-13-11;7-4-2-1-3(2)5(8)6-4/h2-3,5,8-10H,4H2,1H3,(H,13,14);2-3,5,9-11,13H,4,6H2,1H3;2-3H,1H2,(H,6,7,8). The normalized spacial score (nSPS) is 36.3. The highest BCUT2D eigenvalue weighted by molar-refractivity contribution is 6.08. The van der Waals surface area contributed by atoms with Gasteiger partial charge >= 0.3 is 0 Å². The number of aromatic nitrogens is 2. The Kier molecular flexibility index (Phi) is 5.44. The fourth-order valence-electron chi connectivity index (χ4n) is 5.70. The topological polar surface area (TPSA) is 113 Å². The smallest absolute Gasteiger partial charge is 0.230 e. The number of rotatable bonds is 2. The molecule has 2 aromatic heterocycles. The summed E-state index contributed by atoms with van der Waals surface area (Å²) in [7, 11) is 0. The molecule has 8 nitrogen and oxygen atoms in total. The maximum Gasteiger partial charge on any atom is 0.230 e. The van der Waals surface area contributed by atoms with Crippen molar-refractivity contribution >= 4 is 17.7 Å². The second-order valence-corrected chi connectivity index (χ2v) is 10.8. The van der Waals surface area contributed by atoms with Crippen LogP contribution in [0.25, 0.3) is 0 Å². The average Bonchev–Trinajstić information content (AvgIpc) is 3.78. The minimum absolute atomic E-state index is 0.0579. The Labute approximate surface area is 204 Å². The van der Waals surface area contributed by atoms with E-state index in [1.54, 1.807) is 0 Å². The summed E-state index contributed by atoms with van der Waals surface area (Å²) in [5, 5.41) is 8.80. The van der Waals surface area contributed by atoms with Gasteiger partial charge < -0.3 is 10.6 Å². The minimum atomic E-state index is -0.0694. The van der Waals surface area contributed by atoms with Crippen LogP contribution in [0.4, 0.5) is 0 Å². The Morgan fingerprint density at radius 3 is 1.69 bits per heavy atom. The van der Waals surface area contributed by atoms with Gasteiger partial charge in [-0.3, -0.25) is 29.7 Å². The molecule has 8 atom stereocenters. The van der Waals surface area contributed by atoms with E-state index in [9.17, 15) is 14.4 Å². The lowest BCUT2D eigenvalue weighted by molar-refractivity contribution is -0.127. The SMILES string of the molecule is Cc1ccc(C2NC(=O)C3CC32)cn1.Cc1ccc(C2NCC3CC32)cn1.O=C1NC(=O)C2CC12. The zero-order valence-corrected chi connectivity index (χ0v) is 20.0. The predicted octanol–water partition coefficient (Wildman–Crippen LogP) is 2.15. The molecule has 0 spiro atoms. The zero-order valence-electron chi connectivity index (χ0n) is 20.0. The first kappa shape index (κ1) is 22.3. The summed E-state index contributed by atoms with van der Waals surface area (Å²) in [6, 6.07) is 9.19. The van der Waals surface area contributed by atoms with Crippen LogP contribution >= 0.6 is 0 Å². The van der Waals surface area contributed by atoms with E-state index in [1.807, 2.05) is 32.3 Å². The van der Waals surface area contributed by atoms with Gasteiger partial charge in [0.15, 0.2) is 0 Å². The number of hydrogen-bond donors (Lipinski definition) is 3. The second-order valence-electron chi connectivity index (χ2n) is 10.8. The molecule has 8 unspecified atom stereocenters. The van der Waals surface area contributed by atoms with Crippen molar-refractivity contribution in [3.63, 3.8) is 0 Å². The van der Waals surface area contributed by atoms with E-state index in [1.165, 1.54) is 18.5 Å². The number of carbonyl (C=O) groups excluding carboxylic acids is 3. The number of piperidine rings is 3. The van der Waals surface area contributed by atoms with Crippen LogP contribution in [-0.4, -0.2) is 34.2 Å². The lowest BCUT2D eigenvalue weighted by Gasteiger charge is -2.12. The third kappa shape index (κ3) is 4.47. The Hall–Kier alpha value is -3.13. The van der Waals surface area contributed by atoms with Crippen LogP contribution in [-0.2, 0) is 14.4 Å². The summed E-state index contributed by atoms with van der Waals surface area (Å²) in [4.78, 5) is 40.9. The van der Waals surface area contributed by atoms with Gasteiger partial charge in [0.1, 0.15) is 0 Å². The molecular weight excluding hydrogens is 442 g/mol. The first-order valence-corrected chi connectivity index (χ1v) is 12.6. The number of fused-ring (bicyclic) bond motifs is 3. The molecule has 35 heavy (non-hydrogen) atoms. The summed E-state index contributed by atoms with van der Waals surface area (Å²) in [6.07, 6.45) is 7.18. The van der Waals surface area contributed by atoms with Crippen molar-refractivity contribution in [2.75, 3.05) is 6.54 Å². The number of pyridine rings is 2. The number of imide groups is 1. The highest BCUT2D eigenvalue weighted by atomic mass is 16.2. The van der Waals surface area contributed by atoms with Gasteiger partial charge in [0.2, 0.25) is 17.7 Å². The molecule has 8 rings (SSSR count). The van der Waals surface area contributed by atoms with E-state index in [0.717, 1.165) is 41.6 Å². The molecule has 5 heterocycles. The van der Waals surface area contributed by atoms with Gasteiger partial charge in [-0.05, 0) is 80.7 Å². The Bertz CT molecular complexity index is 1150. The maximum absolute atomic E-state index is 11.3. The zero-order chi connectivity index (χ0) is 24.3. The van der Waals surface area contributed by atoms with Crippen LogP contribution in [0.2, 0.25) is 0 Å². The number of nitrogens with zero attached hydrogens (tertiary/aromatic N) is 2. The fraction of sp³-hybridized carbons (Fsp3) is 0.519. The summed E-state index contributed by atoms with van der Waals surface area (Å²) >= 11 is 0. The third-order valence-electron chi connectivity index (χ3n) is 8.20. The van der Waals surface area contributed by atoms with Crippen LogP contribution in [0, 0.1) is 49.4 Å². The molecular formula is C27H31N5O3. The van der Waals surface area contributed by atoms with Crippen LogP contribution in [0.3, 0.4) is 0 Å². The van der Waals surface area contributed by atoms with E-state index in [0.29, 0.717) is 17.9 Å². The number of amides is 3. The van der Waals surface area contributed by atoms with E-state index < -0.39 is 0 Å². The van der Waals surface area contributed by atoms with E-state index in [4.69, 9.17) is 0 Å². The lowest BCUT2D eigenvalue weighted by atomic mass is 10.1. The number of aryl methyl sites for hydroxylation is 2. The average molecular weight is 474 g/mol. The summed E-state index contributed by atoms with van der Waals surface area (Å²) in [6.45, 7) is 5.21. The van der Waals surface area contributed by atoms with Gasteiger partial charge in [0, 0.05) is 35.7 Å². The van der Waals surface area contributed by atoms with Crippen molar-refractivity contribution in [3.8, 4) is 0 Å². The molecule has 3 aliphatic heterocycles. The molecule has 3 N–H and O–H groups in total. The number of nitrogens with one attached hydrogen (secondary N) is 3. The third-order valence-corrected chi connectivity index (χ3v) is 8.20. The summed E-state index contributed by atoms with van der Waals surface area (Å²) < 4.78 is 0. The van der Waals surface area contributed by atoms with Crippen LogP contribution in [0.5, 0.6) is 0 Å². The van der Waals surface area contributed by atoms with Gasteiger partial charge in [-0.25, -0.2) is 0 Å². The van der Waals surface area contributed by atoms with Gasteiger partial charge in [-0.2, -0.15) is 0 Å². The largest absolute Gasteiger partial charge is 0.349 e. The fourth-order valence-corrected chi connectivity index (χ4v) is 5.70. The van der Waals surface area contributed by atoms with Gasteiger partial charge in [-0.1, -0.05) is 12.1 Å². The molecule has 0 aromatic carbocycles. The van der Waals surface area contributed by atoms with Crippen molar-refractivity contribution in [3.05, 3.63) is 59.2 Å². The van der Waals surface area contributed by atoms with Crippen LogP contribution in [0.15, 0.2) is 36.7 Å². The molecule has 3 amide bonds. The highest BCUT2D eigenvalue weighted by Gasteiger charge is 2.55. The molecule has 6 aliphatic rings. The maximum atomic E-state index is 11.3. The van der Waals surface area contributed by atoms with Crippen molar-refractivity contribution in [2.45, 2.75) is 45.2 Å². The Morgan fingerprint density at radius 2 is 1.34 bits per heavy atom. The minimum Gasteiger partial charge on any atom is -0.349 e. The van der Waals surface area contributed by atoms with Gasteiger partial charge in [0.05, 0.1) is 17.9 Å². The van der Waals surface area contributed by atoms with Crippen molar-refractivity contribution in [1.29, 1.82) is 0 Å². The summed E-state index contributed by atoms with van der Waals surface area (Å²) in [5.41, 5.74) is 4.64. The predicted molar refractivity (Wildman–Crippen MR) is 128 cm³/mol. The van der Waals surface area contributed by atoms with Crippen molar-refractivity contribution < 1.29 is 14.4 Å². The van der Waals surface area contributed by atoms with Crippen molar-refractivity contribution in [1.82, 2.24) is 25.9 Å². The van der Waals surface area contributed by atoms with E-state index in [2.05, 4.69) is 44.1 Å². The molecule has 3 aliphatic carbocycles. The Morgan fingerprint density at radius 1 is 0.714 bits per heavy atom. The monoisotopic (exact) mass is 473 g/mol. The Balaban J connectivity index is 0.000000102. The molecule has 2 aromatic rings. The highest BCUT2D eigenvalue weighted by Crippen LogP contribution is 2.52. The first-order valence-electron chi connectivity index (χ1n) is 12.6. The van der Waals surface area contributed by atoms with Gasteiger partial charge in [-0.15, -0.1) is 0 Å². The summed E-state index contributed by atoms with van der Waals surface area (Å²) in [5.74, 6) is 2.90. The quantitative estimate of drug-likeness (QED) is 0.576. The van der Waals surface area contributed by atoms with Crippen LogP contribution in [0.1, 0.15) is 53.9 Å². The number of carbonyl (C=O) groups is 3. The molecule has 0 radical (unpaired) electrons. The van der Waals surface area contributed by atoms with Crippen LogP contribution < -0.4 is 16.0 Å². The second kappa shape index (κ2) is 8.52.